The standard InChI is InChI=1S/C19H20ClN3O2S/c1-12(2)10-15(18(24)22-9-8-21)23-19(25)16-11-14(17(20)26-16)13-6-4-3-5-7-13/h3-7,11-12,15H,9-10H2,1-2H3,(H,22,24)(H,23,25)/t15-/m0/s1. The topological polar surface area (TPSA) is 82.0 Å². The third-order valence-corrected chi connectivity index (χ3v) is 5.02. The quantitative estimate of drug-likeness (QED) is 0.705. The van der Waals surface area contributed by atoms with Crippen molar-refractivity contribution in [1.29, 1.82) is 5.26 Å². The van der Waals surface area contributed by atoms with Crippen molar-refractivity contribution >= 4 is 34.8 Å². The molecule has 26 heavy (non-hydrogen) atoms. The van der Waals surface area contributed by atoms with Crippen LogP contribution < -0.4 is 10.6 Å². The van der Waals surface area contributed by atoms with Crippen molar-refractivity contribution in [3.63, 3.8) is 0 Å². The molecule has 0 saturated heterocycles. The van der Waals surface area contributed by atoms with Gasteiger partial charge in [0.15, 0.2) is 0 Å². The normalized spacial score (nSPS) is 11.7. The van der Waals surface area contributed by atoms with Crippen LogP contribution in [0.3, 0.4) is 0 Å². The van der Waals surface area contributed by atoms with Gasteiger partial charge < -0.3 is 10.6 Å². The van der Waals surface area contributed by atoms with Crippen LogP contribution in [0.5, 0.6) is 0 Å². The maximum absolute atomic E-state index is 12.6. The van der Waals surface area contributed by atoms with Crippen LogP contribution in [0.1, 0.15) is 29.9 Å². The van der Waals surface area contributed by atoms with Gasteiger partial charge in [0.2, 0.25) is 5.91 Å². The molecule has 7 heteroatoms. The summed E-state index contributed by atoms with van der Waals surface area (Å²) in [4.78, 5) is 25.2. The van der Waals surface area contributed by atoms with E-state index in [9.17, 15) is 9.59 Å². The number of hydrogen-bond acceptors (Lipinski definition) is 4. The molecule has 5 nitrogen and oxygen atoms in total. The number of nitriles is 1. The van der Waals surface area contributed by atoms with Crippen LogP contribution in [0.2, 0.25) is 4.34 Å². The molecule has 0 aliphatic carbocycles. The molecule has 0 spiro atoms. The minimum absolute atomic E-state index is 0.0910. The number of nitrogens with one attached hydrogen (secondary N) is 2. The van der Waals surface area contributed by atoms with E-state index in [2.05, 4.69) is 10.6 Å². The van der Waals surface area contributed by atoms with E-state index in [1.54, 1.807) is 6.07 Å². The van der Waals surface area contributed by atoms with Crippen molar-refractivity contribution < 1.29 is 9.59 Å². The number of halogens is 1. The summed E-state index contributed by atoms with van der Waals surface area (Å²) in [5.74, 6) is -0.503. The zero-order chi connectivity index (χ0) is 19.1. The minimum Gasteiger partial charge on any atom is -0.341 e. The van der Waals surface area contributed by atoms with Crippen molar-refractivity contribution in [2.24, 2.45) is 5.92 Å². The van der Waals surface area contributed by atoms with E-state index in [4.69, 9.17) is 16.9 Å². The van der Waals surface area contributed by atoms with Crippen molar-refractivity contribution in [1.82, 2.24) is 10.6 Å². The van der Waals surface area contributed by atoms with Crippen molar-refractivity contribution in [2.45, 2.75) is 26.3 Å². The predicted molar refractivity (Wildman–Crippen MR) is 104 cm³/mol. The number of hydrogen-bond donors (Lipinski definition) is 2. The van der Waals surface area contributed by atoms with Gasteiger partial charge in [-0.2, -0.15) is 5.26 Å². The second-order valence-corrected chi connectivity index (χ2v) is 7.85. The molecule has 0 aliphatic heterocycles. The summed E-state index contributed by atoms with van der Waals surface area (Å²) in [5.41, 5.74) is 1.72. The Morgan fingerprint density at radius 1 is 1.27 bits per heavy atom. The molecule has 0 unspecified atom stereocenters. The van der Waals surface area contributed by atoms with Gasteiger partial charge in [-0.3, -0.25) is 9.59 Å². The molecule has 0 radical (unpaired) electrons. The largest absolute Gasteiger partial charge is 0.341 e. The minimum atomic E-state index is -0.697. The lowest BCUT2D eigenvalue weighted by atomic mass is 10.0. The summed E-state index contributed by atoms with van der Waals surface area (Å²) in [6.45, 7) is 3.84. The fraction of sp³-hybridized carbons (Fsp3) is 0.316. The van der Waals surface area contributed by atoms with Gasteiger partial charge in [-0.15, -0.1) is 11.3 Å². The van der Waals surface area contributed by atoms with Gasteiger partial charge in [0.05, 0.1) is 10.9 Å². The van der Waals surface area contributed by atoms with Gasteiger partial charge in [-0.25, -0.2) is 0 Å². The lowest BCUT2D eigenvalue weighted by Crippen LogP contribution is -2.47. The highest BCUT2D eigenvalue weighted by Crippen LogP contribution is 2.35. The number of amides is 2. The Hall–Kier alpha value is -2.36. The first kappa shape index (κ1) is 20.0. The Kier molecular flexibility index (Phi) is 7.19. The molecule has 0 bridgehead atoms. The summed E-state index contributed by atoms with van der Waals surface area (Å²) in [6, 6.07) is 12.5. The van der Waals surface area contributed by atoms with Gasteiger partial charge in [-0.05, 0) is 24.0 Å². The second kappa shape index (κ2) is 9.37. The van der Waals surface area contributed by atoms with Crippen molar-refractivity contribution in [3.8, 4) is 17.2 Å². The molecular weight excluding hydrogens is 370 g/mol. The van der Waals surface area contributed by atoms with E-state index in [-0.39, 0.29) is 24.3 Å². The molecule has 2 rings (SSSR count). The van der Waals surface area contributed by atoms with E-state index < -0.39 is 6.04 Å². The second-order valence-electron chi connectivity index (χ2n) is 6.20. The van der Waals surface area contributed by atoms with E-state index in [1.807, 2.05) is 50.2 Å². The lowest BCUT2D eigenvalue weighted by Gasteiger charge is -2.19. The fourth-order valence-corrected chi connectivity index (χ4v) is 3.70. The zero-order valence-electron chi connectivity index (χ0n) is 14.6. The van der Waals surface area contributed by atoms with Crippen LogP contribution in [0.15, 0.2) is 36.4 Å². The average molecular weight is 390 g/mol. The number of benzene rings is 1. The van der Waals surface area contributed by atoms with Crippen LogP contribution in [0.25, 0.3) is 11.1 Å². The molecule has 2 N–H and O–H groups in total. The molecule has 1 heterocycles. The maximum Gasteiger partial charge on any atom is 0.262 e. The van der Waals surface area contributed by atoms with E-state index in [0.717, 1.165) is 11.1 Å². The van der Waals surface area contributed by atoms with Crippen molar-refractivity contribution in [2.75, 3.05) is 6.54 Å². The third kappa shape index (κ3) is 5.32. The highest BCUT2D eigenvalue weighted by molar-refractivity contribution is 7.18. The number of rotatable bonds is 7. The van der Waals surface area contributed by atoms with E-state index in [0.29, 0.717) is 15.6 Å². The maximum atomic E-state index is 12.6. The number of nitrogens with zero attached hydrogens (tertiary/aromatic N) is 1. The first-order valence-electron chi connectivity index (χ1n) is 8.22. The highest BCUT2D eigenvalue weighted by Gasteiger charge is 2.24. The Morgan fingerprint density at radius 3 is 2.58 bits per heavy atom. The van der Waals surface area contributed by atoms with Crippen LogP contribution in [0.4, 0.5) is 0 Å². The van der Waals surface area contributed by atoms with Crippen LogP contribution >= 0.6 is 22.9 Å². The lowest BCUT2D eigenvalue weighted by molar-refractivity contribution is -0.123. The zero-order valence-corrected chi connectivity index (χ0v) is 16.2. The summed E-state index contributed by atoms with van der Waals surface area (Å²) in [6.07, 6.45) is 0.480. The molecule has 0 saturated carbocycles. The molecule has 0 fully saturated rings. The summed E-state index contributed by atoms with van der Waals surface area (Å²) in [7, 11) is 0. The third-order valence-electron chi connectivity index (χ3n) is 3.67. The number of carbonyl (C=O) groups is 2. The van der Waals surface area contributed by atoms with Gasteiger partial charge in [0.1, 0.15) is 16.9 Å². The van der Waals surface area contributed by atoms with Gasteiger partial charge >= 0.3 is 0 Å². The van der Waals surface area contributed by atoms with E-state index in [1.165, 1.54) is 11.3 Å². The highest BCUT2D eigenvalue weighted by atomic mass is 35.5. The molecule has 1 aromatic heterocycles. The Balaban J connectivity index is 2.16. The SMILES string of the molecule is CC(C)C[C@H](NC(=O)c1cc(-c2ccccc2)c(Cl)s1)C(=O)NCC#N. The predicted octanol–water partition coefficient (Wildman–Crippen LogP) is 3.85. The smallest absolute Gasteiger partial charge is 0.262 e. The summed E-state index contributed by atoms with van der Waals surface area (Å²) in [5, 5.41) is 13.9. The first-order chi connectivity index (χ1) is 12.4. The molecule has 1 aromatic carbocycles. The van der Waals surface area contributed by atoms with E-state index >= 15 is 0 Å². The van der Waals surface area contributed by atoms with Crippen LogP contribution in [-0.4, -0.2) is 24.4 Å². The number of carbonyl (C=O) groups excluding carboxylic acids is 2. The Labute approximate surface area is 162 Å². The molecule has 136 valence electrons. The molecule has 2 aromatic rings. The first-order valence-corrected chi connectivity index (χ1v) is 9.42. The molecule has 0 aliphatic rings. The van der Waals surface area contributed by atoms with Crippen LogP contribution in [0, 0.1) is 17.2 Å². The Morgan fingerprint density at radius 2 is 1.96 bits per heavy atom. The molecule has 1 atom stereocenters. The molecular formula is C19H20ClN3O2S. The number of thiophene rings is 1. The molecule has 2 amide bonds. The monoisotopic (exact) mass is 389 g/mol. The average Bonchev–Trinajstić information content (AvgIpc) is 3.01. The van der Waals surface area contributed by atoms with Crippen LogP contribution in [-0.2, 0) is 4.79 Å². The van der Waals surface area contributed by atoms with Gasteiger partial charge in [0, 0.05) is 5.56 Å². The van der Waals surface area contributed by atoms with Gasteiger partial charge in [0.25, 0.3) is 5.91 Å². The summed E-state index contributed by atoms with van der Waals surface area (Å²) < 4.78 is 0.524. The fourth-order valence-electron chi connectivity index (χ4n) is 2.48. The summed E-state index contributed by atoms with van der Waals surface area (Å²) >= 11 is 7.48. The van der Waals surface area contributed by atoms with Gasteiger partial charge in [-0.1, -0.05) is 55.8 Å². The van der Waals surface area contributed by atoms with Crippen molar-refractivity contribution in [3.05, 3.63) is 45.6 Å². The Bertz CT molecular complexity index is 812.